The molecule has 0 spiro atoms. The summed E-state index contributed by atoms with van der Waals surface area (Å²) in [7, 11) is 4.03. The molecule has 4 atom stereocenters. The van der Waals surface area contributed by atoms with Gasteiger partial charge in [0.2, 0.25) is 0 Å². The van der Waals surface area contributed by atoms with Crippen LogP contribution in [0.4, 0.5) is 0 Å². The van der Waals surface area contributed by atoms with Crippen molar-refractivity contribution in [3.8, 4) is 0 Å². The van der Waals surface area contributed by atoms with Crippen molar-refractivity contribution < 1.29 is 0 Å². The quantitative estimate of drug-likeness (QED) is 0.543. The van der Waals surface area contributed by atoms with E-state index < -0.39 is 0 Å². The summed E-state index contributed by atoms with van der Waals surface area (Å²) in [6.07, 6.45) is 2.62. The van der Waals surface area contributed by atoms with E-state index in [9.17, 15) is 0 Å². The molecule has 2 fully saturated rings. The monoisotopic (exact) mass is 210 g/mol. The molecule has 2 rings (SSSR count). The molecule has 0 aromatic heterocycles. The van der Waals surface area contributed by atoms with Crippen LogP contribution >= 0.6 is 46.8 Å². The number of hydrogen-bond donors (Lipinski definition) is 2. The van der Waals surface area contributed by atoms with Crippen LogP contribution in [0.15, 0.2) is 0 Å². The molecule has 0 radical (unpaired) electrons. The lowest BCUT2D eigenvalue weighted by atomic mass is 11.0. The zero-order valence-corrected chi connectivity index (χ0v) is 8.86. The van der Waals surface area contributed by atoms with Gasteiger partial charge in [-0.3, -0.25) is 0 Å². The molecular weight excluding hydrogens is 200 g/mol. The Labute approximate surface area is 80.5 Å². The van der Waals surface area contributed by atoms with Gasteiger partial charge in [-0.25, -0.2) is 0 Å². The van der Waals surface area contributed by atoms with Gasteiger partial charge < -0.3 is 0 Å². The highest BCUT2D eigenvalue weighted by atomic mass is 33.1. The summed E-state index contributed by atoms with van der Waals surface area (Å²) in [6, 6.07) is 0. The van der Waals surface area contributed by atoms with Crippen LogP contribution in [0, 0.1) is 0 Å². The van der Waals surface area contributed by atoms with Crippen LogP contribution in [0.1, 0.15) is 12.8 Å². The van der Waals surface area contributed by atoms with E-state index >= 15 is 0 Å². The molecule has 0 amide bonds. The molecule has 0 heterocycles. The lowest BCUT2D eigenvalue weighted by Crippen LogP contribution is -1.78. The third-order valence-corrected chi connectivity index (χ3v) is 6.71. The molecule has 10 heavy (non-hydrogen) atoms. The van der Waals surface area contributed by atoms with E-state index in [4.69, 9.17) is 0 Å². The van der Waals surface area contributed by atoms with E-state index in [2.05, 4.69) is 25.3 Å². The molecular formula is C6H10S4. The zero-order valence-electron chi connectivity index (χ0n) is 5.43. The molecule has 0 bridgehead atoms. The van der Waals surface area contributed by atoms with Gasteiger partial charge in [-0.05, 0) is 12.8 Å². The van der Waals surface area contributed by atoms with Crippen LogP contribution in [0.2, 0.25) is 0 Å². The van der Waals surface area contributed by atoms with Gasteiger partial charge in [0.15, 0.2) is 0 Å². The molecule has 0 N–H and O–H groups in total. The van der Waals surface area contributed by atoms with Crippen LogP contribution < -0.4 is 0 Å². The van der Waals surface area contributed by atoms with Crippen molar-refractivity contribution in [2.45, 2.75) is 33.8 Å². The molecule has 0 aromatic carbocycles. The first-order valence-corrected chi connectivity index (χ1v) is 6.76. The number of thiol groups is 2. The van der Waals surface area contributed by atoms with E-state index in [1.807, 2.05) is 21.6 Å². The number of rotatable bonds is 3. The second kappa shape index (κ2) is 3.04. The fourth-order valence-electron chi connectivity index (χ4n) is 0.668. The summed E-state index contributed by atoms with van der Waals surface area (Å²) in [5.41, 5.74) is 0. The summed E-state index contributed by atoms with van der Waals surface area (Å²) >= 11 is 8.73. The highest BCUT2D eigenvalue weighted by molar-refractivity contribution is 8.77. The predicted molar refractivity (Wildman–Crippen MR) is 57.5 cm³/mol. The molecule has 0 saturated heterocycles. The van der Waals surface area contributed by atoms with Gasteiger partial charge in [0.25, 0.3) is 0 Å². The van der Waals surface area contributed by atoms with Crippen LogP contribution in [-0.4, -0.2) is 21.0 Å². The average Bonchev–Trinajstić information content (AvgIpc) is 2.71. The molecule has 58 valence electrons. The Morgan fingerprint density at radius 3 is 1.40 bits per heavy atom. The largest absolute Gasteiger partial charge is 0.175 e. The maximum absolute atomic E-state index is 4.36. The molecule has 2 aliphatic rings. The van der Waals surface area contributed by atoms with Crippen LogP contribution in [-0.2, 0) is 0 Å². The maximum atomic E-state index is 4.36. The lowest BCUT2D eigenvalue weighted by Gasteiger charge is -1.94. The molecule has 4 heteroatoms. The van der Waals surface area contributed by atoms with Crippen LogP contribution in [0.25, 0.3) is 0 Å². The van der Waals surface area contributed by atoms with Crippen molar-refractivity contribution in [2.75, 3.05) is 0 Å². The Kier molecular flexibility index (Phi) is 2.43. The maximum Gasteiger partial charge on any atom is 0.0279 e. The van der Waals surface area contributed by atoms with E-state index in [1.165, 1.54) is 12.8 Å². The van der Waals surface area contributed by atoms with Crippen molar-refractivity contribution in [2.24, 2.45) is 0 Å². The van der Waals surface area contributed by atoms with Crippen molar-refractivity contribution in [1.82, 2.24) is 0 Å². The third kappa shape index (κ3) is 1.96. The minimum Gasteiger partial charge on any atom is -0.175 e. The Hall–Kier alpha value is 1.40. The standard InChI is InChI=1S/C6H10S4/c7-3-1-5(3)9-10-6-2-4(6)8/h3-8H,1-2H2. The average molecular weight is 210 g/mol. The van der Waals surface area contributed by atoms with Gasteiger partial charge >= 0.3 is 0 Å². The predicted octanol–water partition coefficient (Wildman–Crippen LogP) is 2.51. The van der Waals surface area contributed by atoms with Crippen molar-refractivity contribution >= 4 is 46.8 Å². The van der Waals surface area contributed by atoms with Gasteiger partial charge in [0.1, 0.15) is 0 Å². The fraction of sp³-hybridized carbons (Fsp3) is 1.00. The normalized spacial score (nSPS) is 51.0. The minimum atomic E-state index is 0.689. The van der Waals surface area contributed by atoms with Crippen LogP contribution in [0.3, 0.4) is 0 Å². The van der Waals surface area contributed by atoms with Crippen molar-refractivity contribution in [3.63, 3.8) is 0 Å². The Morgan fingerprint density at radius 2 is 1.20 bits per heavy atom. The second-order valence-corrected chi connectivity index (χ2v) is 6.95. The van der Waals surface area contributed by atoms with E-state index in [0.717, 1.165) is 10.5 Å². The first-order valence-electron chi connectivity index (χ1n) is 3.45. The zero-order chi connectivity index (χ0) is 7.14. The summed E-state index contributed by atoms with van der Waals surface area (Å²) in [6.45, 7) is 0. The van der Waals surface area contributed by atoms with E-state index in [1.54, 1.807) is 0 Å². The SMILES string of the molecule is SC1CC1SSC1CC1S. The van der Waals surface area contributed by atoms with E-state index in [0.29, 0.717) is 10.5 Å². The lowest BCUT2D eigenvalue weighted by molar-refractivity contribution is 1.52. The fourth-order valence-corrected chi connectivity index (χ4v) is 5.51. The minimum absolute atomic E-state index is 0.689. The highest BCUT2D eigenvalue weighted by Crippen LogP contribution is 2.52. The van der Waals surface area contributed by atoms with Crippen LogP contribution in [0.5, 0.6) is 0 Å². The summed E-state index contributed by atoms with van der Waals surface area (Å²) in [5.74, 6) is 0. The third-order valence-electron chi connectivity index (χ3n) is 1.70. The summed E-state index contributed by atoms with van der Waals surface area (Å²) in [5, 5.41) is 3.06. The second-order valence-electron chi connectivity index (χ2n) is 2.88. The van der Waals surface area contributed by atoms with Crippen molar-refractivity contribution in [1.29, 1.82) is 0 Å². The Balaban J connectivity index is 1.57. The summed E-state index contributed by atoms with van der Waals surface area (Å²) in [4.78, 5) is 0. The first kappa shape index (κ1) is 8.02. The van der Waals surface area contributed by atoms with Gasteiger partial charge in [-0.1, -0.05) is 21.6 Å². The first-order chi connectivity index (χ1) is 4.77. The van der Waals surface area contributed by atoms with Gasteiger partial charge in [0.05, 0.1) is 0 Å². The highest BCUT2D eigenvalue weighted by Gasteiger charge is 2.40. The Morgan fingerprint density at radius 1 is 0.900 bits per heavy atom. The number of hydrogen-bond acceptors (Lipinski definition) is 4. The van der Waals surface area contributed by atoms with Crippen molar-refractivity contribution in [3.05, 3.63) is 0 Å². The smallest absolute Gasteiger partial charge is 0.0279 e. The molecule has 0 nitrogen and oxygen atoms in total. The molecule has 4 unspecified atom stereocenters. The summed E-state index contributed by atoms with van der Waals surface area (Å²) < 4.78 is 0. The molecule has 0 aliphatic heterocycles. The van der Waals surface area contributed by atoms with Gasteiger partial charge in [-0.2, -0.15) is 25.3 Å². The topological polar surface area (TPSA) is 0 Å². The molecule has 0 aromatic rings. The van der Waals surface area contributed by atoms with E-state index in [-0.39, 0.29) is 0 Å². The molecule has 2 saturated carbocycles. The molecule has 2 aliphatic carbocycles. The van der Waals surface area contributed by atoms with Gasteiger partial charge in [-0.15, -0.1) is 0 Å². The van der Waals surface area contributed by atoms with Gasteiger partial charge in [0, 0.05) is 21.0 Å². The Bertz CT molecular complexity index is 122.